The number of rotatable bonds is 5. The number of hydrogen-bond donors (Lipinski definition) is 1. The molecular weight excluding hydrogens is 376 g/mol. The number of methoxy groups -OCH3 is 1. The summed E-state index contributed by atoms with van der Waals surface area (Å²) >= 11 is 0. The molecule has 0 fully saturated rings. The molecule has 0 saturated heterocycles. The van der Waals surface area contributed by atoms with Gasteiger partial charge in [0.2, 0.25) is 10.0 Å². The van der Waals surface area contributed by atoms with Gasteiger partial charge in [0.1, 0.15) is 10.6 Å². The Hall–Kier alpha value is -2.38. The summed E-state index contributed by atoms with van der Waals surface area (Å²) in [4.78, 5) is 15.1. The van der Waals surface area contributed by atoms with Gasteiger partial charge < -0.3 is 9.64 Å². The maximum atomic E-state index is 13.3. The first-order valence-electron chi connectivity index (χ1n) is 9.36. The fourth-order valence-corrected chi connectivity index (χ4v) is 4.98. The number of benzene rings is 2. The van der Waals surface area contributed by atoms with Crippen LogP contribution in [-0.2, 0) is 16.4 Å². The van der Waals surface area contributed by atoms with E-state index in [2.05, 4.69) is 4.72 Å². The zero-order chi connectivity index (χ0) is 20.5. The smallest absolute Gasteiger partial charge is 0.258 e. The van der Waals surface area contributed by atoms with Gasteiger partial charge in [0.25, 0.3) is 5.91 Å². The summed E-state index contributed by atoms with van der Waals surface area (Å²) < 4.78 is 33.2. The average molecular weight is 403 g/mol. The van der Waals surface area contributed by atoms with Gasteiger partial charge in [-0.15, -0.1) is 0 Å². The number of aryl methyl sites for hydroxylation is 1. The summed E-state index contributed by atoms with van der Waals surface area (Å²) in [5.74, 6) is -0.0138. The maximum absolute atomic E-state index is 13.3. The monoisotopic (exact) mass is 402 g/mol. The van der Waals surface area contributed by atoms with Crippen molar-refractivity contribution in [3.8, 4) is 5.75 Å². The second kappa shape index (κ2) is 7.93. The van der Waals surface area contributed by atoms with Gasteiger partial charge in [-0.25, -0.2) is 13.1 Å². The molecule has 0 bridgehead atoms. The van der Waals surface area contributed by atoms with Crippen molar-refractivity contribution in [1.82, 2.24) is 4.72 Å². The quantitative estimate of drug-likeness (QED) is 0.832. The summed E-state index contributed by atoms with van der Waals surface area (Å²) in [7, 11) is -2.40. The SMILES string of the molecule is COc1ccc(C(=O)N2c3ccccc3CCC2C)cc1S(=O)(=O)NC(C)C. The number of carbonyl (C=O) groups excluding carboxylic acids is 1. The number of anilines is 1. The average Bonchev–Trinajstić information content (AvgIpc) is 2.66. The molecule has 2 aromatic rings. The fraction of sp³-hybridized carbons (Fsp3) is 0.381. The molecule has 3 rings (SSSR count). The van der Waals surface area contributed by atoms with Crippen LogP contribution in [-0.4, -0.2) is 33.5 Å². The number of ether oxygens (including phenoxy) is 1. The third-order valence-corrected chi connectivity index (χ3v) is 6.51. The predicted molar refractivity (Wildman–Crippen MR) is 109 cm³/mol. The summed E-state index contributed by atoms with van der Waals surface area (Å²) in [6.07, 6.45) is 1.78. The molecule has 0 aliphatic carbocycles. The topological polar surface area (TPSA) is 75.7 Å². The number of sulfonamides is 1. The molecular formula is C21H26N2O4S. The molecule has 6 nitrogen and oxygen atoms in total. The lowest BCUT2D eigenvalue weighted by Crippen LogP contribution is -2.42. The molecule has 1 atom stereocenters. The van der Waals surface area contributed by atoms with Crippen molar-refractivity contribution in [2.24, 2.45) is 0 Å². The lowest BCUT2D eigenvalue weighted by molar-refractivity contribution is 0.0975. The minimum Gasteiger partial charge on any atom is -0.495 e. The molecule has 150 valence electrons. The molecule has 0 saturated carbocycles. The number of carbonyl (C=O) groups is 1. The van der Waals surface area contributed by atoms with Crippen LogP contribution in [0.25, 0.3) is 0 Å². The number of amides is 1. The van der Waals surface area contributed by atoms with Gasteiger partial charge in [-0.3, -0.25) is 4.79 Å². The molecule has 1 N–H and O–H groups in total. The van der Waals surface area contributed by atoms with Crippen molar-refractivity contribution in [3.05, 3.63) is 53.6 Å². The van der Waals surface area contributed by atoms with Gasteiger partial charge in [0.05, 0.1) is 7.11 Å². The Morgan fingerprint density at radius 2 is 1.93 bits per heavy atom. The van der Waals surface area contributed by atoms with Crippen molar-refractivity contribution < 1.29 is 17.9 Å². The summed E-state index contributed by atoms with van der Waals surface area (Å²) in [5, 5.41) is 0. The number of nitrogens with zero attached hydrogens (tertiary/aromatic N) is 1. The first-order valence-corrected chi connectivity index (χ1v) is 10.8. The van der Waals surface area contributed by atoms with Crippen LogP contribution in [0.1, 0.15) is 43.1 Å². The molecule has 1 aliphatic heterocycles. The second-order valence-corrected chi connectivity index (χ2v) is 9.02. The first kappa shape index (κ1) is 20.4. The molecule has 1 amide bonds. The van der Waals surface area contributed by atoms with Crippen LogP contribution in [0.5, 0.6) is 5.75 Å². The second-order valence-electron chi connectivity index (χ2n) is 7.33. The van der Waals surface area contributed by atoms with E-state index in [9.17, 15) is 13.2 Å². The van der Waals surface area contributed by atoms with E-state index in [4.69, 9.17) is 4.74 Å². The first-order chi connectivity index (χ1) is 13.2. The van der Waals surface area contributed by atoms with E-state index in [0.717, 1.165) is 24.1 Å². The van der Waals surface area contributed by atoms with Crippen molar-refractivity contribution in [2.75, 3.05) is 12.0 Å². The molecule has 0 radical (unpaired) electrons. The van der Waals surface area contributed by atoms with Gasteiger partial charge >= 0.3 is 0 Å². The zero-order valence-corrected chi connectivity index (χ0v) is 17.4. The minimum atomic E-state index is -3.81. The number of hydrogen-bond acceptors (Lipinski definition) is 4. The van der Waals surface area contributed by atoms with E-state index in [1.807, 2.05) is 31.2 Å². The molecule has 2 aromatic carbocycles. The van der Waals surface area contributed by atoms with Crippen LogP contribution < -0.4 is 14.4 Å². The van der Waals surface area contributed by atoms with Crippen molar-refractivity contribution >= 4 is 21.6 Å². The third-order valence-electron chi connectivity index (χ3n) is 4.83. The normalized spacial score (nSPS) is 16.8. The maximum Gasteiger partial charge on any atom is 0.258 e. The number of nitrogens with one attached hydrogen (secondary N) is 1. The lowest BCUT2D eigenvalue weighted by Gasteiger charge is -2.35. The summed E-state index contributed by atoms with van der Waals surface area (Å²) in [5.41, 5.74) is 2.32. The van der Waals surface area contributed by atoms with Crippen LogP contribution >= 0.6 is 0 Å². The fourth-order valence-electron chi connectivity index (χ4n) is 3.53. The largest absolute Gasteiger partial charge is 0.495 e. The van der Waals surface area contributed by atoms with Crippen LogP contribution in [0.4, 0.5) is 5.69 Å². The predicted octanol–water partition coefficient (Wildman–Crippen LogP) is 3.36. The van der Waals surface area contributed by atoms with Crippen molar-refractivity contribution in [2.45, 2.75) is 50.6 Å². The van der Waals surface area contributed by atoms with Crippen molar-refractivity contribution in [1.29, 1.82) is 0 Å². The van der Waals surface area contributed by atoms with E-state index in [1.54, 1.807) is 24.8 Å². The van der Waals surface area contributed by atoms with Gasteiger partial charge in [0.15, 0.2) is 0 Å². The van der Waals surface area contributed by atoms with E-state index < -0.39 is 10.0 Å². The molecule has 7 heteroatoms. The third kappa shape index (κ3) is 3.91. The molecule has 0 spiro atoms. The van der Waals surface area contributed by atoms with Crippen LogP contribution in [0.3, 0.4) is 0 Å². The Balaban J connectivity index is 2.05. The van der Waals surface area contributed by atoms with Crippen LogP contribution in [0, 0.1) is 0 Å². The zero-order valence-electron chi connectivity index (χ0n) is 16.6. The van der Waals surface area contributed by atoms with Crippen molar-refractivity contribution in [3.63, 3.8) is 0 Å². The summed E-state index contributed by atoms with van der Waals surface area (Å²) in [6, 6.07) is 12.1. The van der Waals surface area contributed by atoms with Gasteiger partial charge in [-0.1, -0.05) is 18.2 Å². The summed E-state index contributed by atoms with van der Waals surface area (Å²) in [6.45, 7) is 5.49. The molecule has 1 aliphatic rings. The standard InChI is InChI=1S/C21H26N2O4S/c1-14(2)22-28(25,26)20-13-17(11-12-19(20)27-4)21(24)23-15(3)9-10-16-7-5-6-8-18(16)23/h5-8,11-15,22H,9-10H2,1-4H3. The van der Waals surface area contributed by atoms with E-state index >= 15 is 0 Å². The van der Waals surface area contributed by atoms with Crippen LogP contribution in [0.2, 0.25) is 0 Å². The Kier molecular flexibility index (Phi) is 5.76. The van der Waals surface area contributed by atoms with E-state index in [1.165, 1.54) is 19.2 Å². The Labute approximate surface area is 166 Å². The highest BCUT2D eigenvalue weighted by Gasteiger charge is 2.30. The highest BCUT2D eigenvalue weighted by molar-refractivity contribution is 7.89. The van der Waals surface area contributed by atoms with E-state index in [-0.39, 0.29) is 28.6 Å². The highest BCUT2D eigenvalue weighted by Crippen LogP contribution is 2.33. The van der Waals surface area contributed by atoms with Gasteiger partial charge in [0, 0.05) is 23.3 Å². The number of para-hydroxylation sites is 1. The Bertz CT molecular complexity index is 986. The van der Waals surface area contributed by atoms with Crippen LogP contribution in [0.15, 0.2) is 47.4 Å². The molecule has 0 aromatic heterocycles. The lowest BCUT2D eigenvalue weighted by atomic mass is 9.96. The number of fused-ring (bicyclic) bond motifs is 1. The Morgan fingerprint density at radius 1 is 1.21 bits per heavy atom. The van der Waals surface area contributed by atoms with E-state index in [0.29, 0.717) is 5.56 Å². The molecule has 1 heterocycles. The highest BCUT2D eigenvalue weighted by atomic mass is 32.2. The molecule has 28 heavy (non-hydrogen) atoms. The Morgan fingerprint density at radius 3 is 2.61 bits per heavy atom. The molecule has 1 unspecified atom stereocenters. The van der Waals surface area contributed by atoms with Gasteiger partial charge in [-0.05, 0) is 63.4 Å². The minimum absolute atomic E-state index is 0.0262. The van der Waals surface area contributed by atoms with Gasteiger partial charge in [-0.2, -0.15) is 0 Å².